The van der Waals surface area contributed by atoms with Crippen LogP contribution in [0.3, 0.4) is 0 Å². The van der Waals surface area contributed by atoms with E-state index in [1.165, 1.54) is 38.5 Å². The van der Waals surface area contributed by atoms with Crippen LogP contribution in [0, 0.1) is 0 Å². The number of hydrogen-bond donors (Lipinski definition) is 1. The van der Waals surface area contributed by atoms with E-state index in [1.807, 2.05) is 12.5 Å². The number of unbranched alkanes of at least 4 members (excludes halogenated alkanes) is 1. The molecular weight excluding hydrogens is 210 g/mol. The number of nitrogens with zero attached hydrogens (tertiary/aromatic N) is 2. The molecule has 3 unspecified atom stereocenters. The highest BCUT2D eigenvalue weighted by molar-refractivity contribution is 4.92. The molecule has 1 N–H and O–H groups in total. The fourth-order valence-electron chi connectivity index (χ4n) is 2.92. The summed E-state index contributed by atoms with van der Waals surface area (Å²) >= 11 is 0. The second-order valence-corrected chi connectivity index (χ2v) is 5.32. The minimum atomic E-state index is 0.613. The van der Waals surface area contributed by atoms with Crippen LogP contribution in [-0.2, 0) is 0 Å². The van der Waals surface area contributed by atoms with Crippen LogP contribution in [0.25, 0.3) is 0 Å². The normalized spacial score (nSPS) is 26.2. The first kappa shape index (κ1) is 12.6. The van der Waals surface area contributed by atoms with Crippen molar-refractivity contribution in [3.63, 3.8) is 0 Å². The second-order valence-electron chi connectivity index (χ2n) is 5.32. The Morgan fingerprint density at radius 3 is 3.06 bits per heavy atom. The molecule has 0 aromatic carbocycles. The summed E-state index contributed by atoms with van der Waals surface area (Å²) in [4.78, 5) is 4.17. The van der Waals surface area contributed by atoms with Gasteiger partial charge in [0, 0.05) is 30.5 Å². The van der Waals surface area contributed by atoms with Crippen LogP contribution in [0.2, 0.25) is 0 Å². The molecule has 0 bridgehead atoms. The highest BCUT2D eigenvalue weighted by atomic mass is 15.1. The van der Waals surface area contributed by atoms with Crippen LogP contribution in [0.1, 0.15) is 58.4 Å². The maximum atomic E-state index is 4.17. The predicted molar refractivity (Wildman–Crippen MR) is 71.0 cm³/mol. The smallest absolute Gasteiger partial charge is 0.0949 e. The van der Waals surface area contributed by atoms with Gasteiger partial charge in [0.15, 0.2) is 0 Å². The molecule has 17 heavy (non-hydrogen) atoms. The highest BCUT2D eigenvalue weighted by Gasteiger charge is 2.28. The number of imidazole rings is 1. The molecule has 0 radical (unpaired) electrons. The maximum Gasteiger partial charge on any atom is 0.0949 e. The van der Waals surface area contributed by atoms with E-state index < -0.39 is 0 Å². The van der Waals surface area contributed by atoms with Crippen molar-refractivity contribution in [3.8, 4) is 0 Å². The third-order valence-electron chi connectivity index (χ3n) is 3.88. The molecule has 1 aromatic rings. The van der Waals surface area contributed by atoms with Gasteiger partial charge in [0.2, 0.25) is 0 Å². The van der Waals surface area contributed by atoms with Gasteiger partial charge >= 0.3 is 0 Å². The zero-order chi connectivity index (χ0) is 12.1. The second kappa shape index (κ2) is 6.20. The topological polar surface area (TPSA) is 29.9 Å². The monoisotopic (exact) mass is 235 g/mol. The van der Waals surface area contributed by atoms with Gasteiger partial charge in [-0.15, -0.1) is 0 Å². The van der Waals surface area contributed by atoms with E-state index in [0.717, 1.165) is 0 Å². The van der Waals surface area contributed by atoms with Crippen molar-refractivity contribution in [1.82, 2.24) is 14.9 Å². The number of rotatable bonds is 6. The lowest BCUT2D eigenvalue weighted by atomic mass is 10.1. The maximum absolute atomic E-state index is 4.17. The Balaban J connectivity index is 1.87. The Morgan fingerprint density at radius 1 is 1.47 bits per heavy atom. The van der Waals surface area contributed by atoms with Crippen molar-refractivity contribution < 1.29 is 0 Å². The van der Waals surface area contributed by atoms with Gasteiger partial charge in [-0.2, -0.15) is 0 Å². The summed E-state index contributed by atoms with van der Waals surface area (Å²) in [6.45, 7) is 4.58. The van der Waals surface area contributed by atoms with Gasteiger partial charge in [0.05, 0.1) is 6.33 Å². The quantitative estimate of drug-likeness (QED) is 0.821. The molecule has 1 saturated carbocycles. The molecule has 3 heteroatoms. The Morgan fingerprint density at radius 2 is 2.35 bits per heavy atom. The molecule has 96 valence electrons. The molecule has 1 fully saturated rings. The standard InChI is InChI=1S/C14H25N3/c1-3-4-6-12(2)16-13-7-5-8-14(13)17-10-9-15-11-17/h9-14,16H,3-8H2,1-2H3. The van der Waals surface area contributed by atoms with Crippen LogP contribution >= 0.6 is 0 Å². The third-order valence-corrected chi connectivity index (χ3v) is 3.88. The number of nitrogens with one attached hydrogen (secondary N) is 1. The van der Waals surface area contributed by atoms with Gasteiger partial charge in [-0.25, -0.2) is 4.98 Å². The highest BCUT2D eigenvalue weighted by Crippen LogP contribution is 2.30. The van der Waals surface area contributed by atoms with Crippen LogP contribution in [-0.4, -0.2) is 21.6 Å². The van der Waals surface area contributed by atoms with Crippen LogP contribution in [0.15, 0.2) is 18.7 Å². The summed E-state index contributed by atoms with van der Waals surface area (Å²) in [5, 5.41) is 3.80. The van der Waals surface area contributed by atoms with Crippen LogP contribution in [0.4, 0.5) is 0 Å². The van der Waals surface area contributed by atoms with E-state index in [4.69, 9.17) is 0 Å². The molecule has 2 rings (SSSR count). The molecular formula is C14H25N3. The van der Waals surface area contributed by atoms with Crippen molar-refractivity contribution in [2.24, 2.45) is 0 Å². The van der Waals surface area contributed by atoms with Gasteiger partial charge in [0.1, 0.15) is 0 Å². The third kappa shape index (κ3) is 3.32. The van der Waals surface area contributed by atoms with Crippen molar-refractivity contribution in [3.05, 3.63) is 18.7 Å². The molecule has 3 nitrogen and oxygen atoms in total. The Labute approximate surface area is 105 Å². The van der Waals surface area contributed by atoms with Crippen molar-refractivity contribution in [2.45, 2.75) is 70.5 Å². The lowest BCUT2D eigenvalue weighted by Gasteiger charge is -2.26. The molecule has 0 saturated heterocycles. The van der Waals surface area contributed by atoms with Crippen LogP contribution < -0.4 is 5.32 Å². The average Bonchev–Trinajstić information content (AvgIpc) is 2.95. The molecule has 0 aliphatic heterocycles. The summed E-state index contributed by atoms with van der Waals surface area (Å²) in [6, 6.07) is 1.89. The lowest BCUT2D eigenvalue weighted by Crippen LogP contribution is -2.39. The van der Waals surface area contributed by atoms with E-state index in [0.29, 0.717) is 18.1 Å². The lowest BCUT2D eigenvalue weighted by molar-refractivity contribution is 0.347. The minimum absolute atomic E-state index is 0.613. The van der Waals surface area contributed by atoms with Crippen molar-refractivity contribution in [2.75, 3.05) is 0 Å². The molecule has 3 atom stereocenters. The predicted octanol–water partition coefficient (Wildman–Crippen LogP) is 3.15. The summed E-state index contributed by atoms with van der Waals surface area (Å²) < 4.78 is 2.28. The average molecular weight is 235 g/mol. The van der Waals surface area contributed by atoms with Crippen molar-refractivity contribution >= 4 is 0 Å². The van der Waals surface area contributed by atoms with E-state index >= 15 is 0 Å². The first-order valence-corrected chi connectivity index (χ1v) is 7.04. The van der Waals surface area contributed by atoms with E-state index in [-0.39, 0.29) is 0 Å². The molecule has 0 spiro atoms. The molecule has 1 aliphatic rings. The number of hydrogen-bond acceptors (Lipinski definition) is 2. The summed E-state index contributed by atoms with van der Waals surface area (Å²) in [5.41, 5.74) is 0. The fourth-order valence-corrected chi connectivity index (χ4v) is 2.92. The zero-order valence-electron chi connectivity index (χ0n) is 11.1. The fraction of sp³-hybridized carbons (Fsp3) is 0.786. The first-order valence-electron chi connectivity index (χ1n) is 7.04. The summed E-state index contributed by atoms with van der Waals surface area (Å²) in [6.07, 6.45) is 13.8. The summed E-state index contributed by atoms with van der Waals surface area (Å²) in [7, 11) is 0. The largest absolute Gasteiger partial charge is 0.333 e. The SMILES string of the molecule is CCCCC(C)NC1CCCC1n1ccnc1. The summed E-state index contributed by atoms with van der Waals surface area (Å²) in [5.74, 6) is 0. The molecule has 0 amide bonds. The Bertz CT molecular complexity index is 307. The molecule has 1 aromatic heterocycles. The van der Waals surface area contributed by atoms with Gasteiger partial charge in [-0.3, -0.25) is 0 Å². The van der Waals surface area contributed by atoms with E-state index in [1.54, 1.807) is 0 Å². The van der Waals surface area contributed by atoms with Crippen molar-refractivity contribution in [1.29, 1.82) is 0 Å². The minimum Gasteiger partial charge on any atom is -0.333 e. The van der Waals surface area contributed by atoms with Gasteiger partial charge in [-0.1, -0.05) is 19.8 Å². The van der Waals surface area contributed by atoms with Crippen LogP contribution in [0.5, 0.6) is 0 Å². The molecule has 1 aliphatic carbocycles. The van der Waals surface area contributed by atoms with Gasteiger partial charge < -0.3 is 9.88 Å². The Kier molecular flexibility index (Phi) is 4.60. The number of aromatic nitrogens is 2. The first-order chi connectivity index (χ1) is 8.31. The van der Waals surface area contributed by atoms with Gasteiger partial charge in [0.25, 0.3) is 0 Å². The van der Waals surface area contributed by atoms with Gasteiger partial charge in [-0.05, 0) is 32.6 Å². The van der Waals surface area contributed by atoms with E-state index in [2.05, 4.69) is 34.9 Å². The Hall–Kier alpha value is -0.830. The zero-order valence-corrected chi connectivity index (χ0v) is 11.1. The van der Waals surface area contributed by atoms with E-state index in [9.17, 15) is 0 Å². The molecule has 1 heterocycles.